The number of hydrogen-bond acceptors (Lipinski definition) is 6. The van der Waals surface area contributed by atoms with E-state index in [-0.39, 0.29) is 5.97 Å². The Bertz CT molecular complexity index is 841. The number of aryl methyl sites for hydroxylation is 1. The predicted molar refractivity (Wildman–Crippen MR) is 95.8 cm³/mol. The smallest absolute Gasteiger partial charge is 0.319 e. The summed E-state index contributed by atoms with van der Waals surface area (Å²) in [7, 11) is 0. The van der Waals surface area contributed by atoms with Gasteiger partial charge in [-0.3, -0.25) is 9.36 Å². The lowest BCUT2D eigenvalue weighted by atomic mass is 10.2. The summed E-state index contributed by atoms with van der Waals surface area (Å²) in [5.41, 5.74) is 2.06. The van der Waals surface area contributed by atoms with E-state index in [9.17, 15) is 4.79 Å². The molecule has 2 aromatic heterocycles. The summed E-state index contributed by atoms with van der Waals surface area (Å²) < 4.78 is 12.5. The molecule has 0 amide bonds. The van der Waals surface area contributed by atoms with Gasteiger partial charge in [-0.1, -0.05) is 29.5 Å². The number of furan rings is 1. The van der Waals surface area contributed by atoms with Crippen molar-refractivity contribution >= 4 is 17.7 Å². The topological polar surface area (TPSA) is 70.2 Å². The Morgan fingerprint density at radius 3 is 2.68 bits per heavy atom. The van der Waals surface area contributed by atoms with Crippen LogP contribution in [0.25, 0.3) is 17.3 Å². The molecule has 6 nitrogen and oxygen atoms in total. The number of ether oxygens (including phenoxy) is 1. The van der Waals surface area contributed by atoms with Crippen molar-refractivity contribution in [2.45, 2.75) is 31.2 Å². The lowest BCUT2D eigenvalue weighted by Crippen LogP contribution is -2.17. The molecule has 0 spiro atoms. The first-order valence-electron chi connectivity index (χ1n) is 7.99. The highest BCUT2D eigenvalue weighted by Crippen LogP contribution is 2.30. The third kappa shape index (κ3) is 3.76. The fourth-order valence-corrected chi connectivity index (χ4v) is 3.17. The molecule has 130 valence electrons. The van der Waals surface area contributed by atoms with Gasteiger partial charge in [0.25, 0.3) is 0 Å². The van der Waals surface area contributed by atoms with Crippen molar-refractivity contribution < 1.29 is 13.9 Å². The van der Waals surface area contributed by atoms with Gasteiger partial charge in [-0.2, -0.15) is 0 Å². The monoisotopic (exact) mass is 357 g/mol. The Morgan fingerprint density at radius 1 is 1.28 bits per heavy atom. The molecule has 0 radical (unpaired) electrons. The molecule has 3 rings (SSSR count). The fourth-order valence-electron chi connectivity index (χ4n) is 2.30. The molecule has 25 heavy (non-hydrogen) atoms. The molecule has 0 fully saturated rings. The van der Waals surface area contributed by atoms with Gasteiger partial charge in [-0.05, 0) is 45.0 Å². The van der Waals surface area contributed by atoms with Crippen molar-refractivity contribution in [3.63, 3.8) is 0 Å². The minimum atomic E-state index is -0.391. The summed E-state index contributed by atoms with van der Waals surface area (Å²) in [5.74, 6) is 0.932. The van der Waals surface area contributed by atoms with Gasteiger partial charge in [0.05, 0.1) is 12.9 Å². The zero-order chi connectivity index (χ0) is 17.8. The molecular formula is C18H19N3O3S. The van der Waals surface area contributed by atoms with Crippen LogP contribution in [0.15, 0.2) is 52.2 Å². The Kier molecular flexibility index (Phi) is 5.23. The van der Waals surface area contributed by atoms with Gasteiger partial charge in [0, 0.05) is 5.69 Å². The Morgan fingerprint density at radius 2 is 2.04 bits per heavy atom. The standard InChI is InChI=1S/C18H19N3O3S/c1-4-23-17(22)13(3)25-18-20-19-16(15-6-5-11-24-15)21(18)14-9-7-12(2)8-10-14/h5-11,13H,4H2,1-3H3/t13-/m1/s1. The number of aromatic nitrogens is 3. The molecule has 0 saturated carbocycles. The van der Waals surface area contributed by atoms with Crippen LogP contribution in [0.4, 0.5) is 0 Å². The van der Waals surface area contributed by atoms with E-state index in [0.717, 1.165) is 11.3 Å². The Hall–Kier alpha value is -2.54. The Balaban J connectivity index is 2.01. The number of hydrogen-bond donors (Lipinski definition) is 0. The molecular weight excluding hydrogens is 338 g/mol. The average Bonchev–Trinajstić information content (AvgIpc) is 3.25. The minimum Gasteiger partial charge on any atom is -0.465 e. The van der Waals surface area contributed by atoms with E-state index in [0.29, 0.717) is 23.3 Å². The van der Waals surface area contributed by atoms with Gasteiger partial charge in [-0.25, -0.2) is 0 Å². The van der Waals surface area contributed by atoms with Gasteiger partial charge >= 0.3 is 5.97 Å². The molecule has 0 bridgehead atoms. The fraction of sp³-hybridized carbons (Fsp3) is 0.278. The van der Waals surface area contributed by atoms with Crippen LogP contribution in [0.5, 0.6) is 0 Å². The van der Waals surface area contributed by atoms with Crippen LogP contribution in [0, 0.1) is 6.92 Å². The zero-order valence-electron chi connectivity index (χ0n) is 14.3. The summed E-state index contributed by atoms with van der Waals surface area (Å²) in [4.78, 5) is 12.0. The third-order valence-electron chi connectivity index (χ3n) is 3.57. The van der Waals surface area contributed by atoms with Crippen molar-refractivity contribution in [1.82, 2.24) is 14.8 Å². The second kappa shape index (κ2) is 7.57. The number of nitrogens with zero attached hydrogens (tertiary/aromatic N) is 3. The summed E-state index contributed by atoms with van der Waals surface area (Å²) in [6.45, 7) is 5.97. The minimum absolute atomic E-state index is 0.273. The van der Waals surface area contributed by atoms with E-state index >= 15 is 0 Å². The number of esters is 1. The van der Waals surface area contributed by atoms with Crippen LogP contribution in [0.1, 0.15) is 19.4 Å². The number of rotatable bonds is 6. The van der Waals surface area contributed by atoms with Crippen LogP contribution in [0.3, 0.4) is 0 Å². The SMILES string of the molecule is CCOC(=O)[C@@H](C)Sc1nnc(-c2ccco2)n1-c1ccc(C)cc1. The molecule has 1 atom stereocenters. The Labute approximate surface area is 150 Å². The van der Waals surface area contributed by atoms with Crippen LogP contribution in [0.2, 0.25) is 0 Å². The zero-order valence-corrected chi connectivity index (χ0v) is 15.1. The normalized spacial score (nSPS) is 12.1. The van der Waals surface area contributed by atoms with Crippen molar-refractivity contribution in [2.75, 3.05) is 6.61 Å². The molecule has 3 aromatic rings. The highest BCUT2D eigenvalue weighted by molar-refractivity contribution is 8.00. The lowest BCUT2D eigenvalue weighted by Gasteiger charge is -2.12. The molecule has 0 N–H and O–H groups in total. The van der Waals surface area contributed by atoms with Gasteiger partial charge in [0.1, 0.15) is 5.25 Å². The van der Waals surface area contributed by atoms with E-state index in [1.54, 1.807) is 26.2 Å². The summed E-state index contributed by atoms with van der Waals surface area (Å²) in [5, 5.41) is 8.74. The van der Waals surface area contributed by atoms with Gasteiger partial charge in [-0.15, -0.1) is 10.2 Å². The first-order valence-corrected chi connectivity index (χ1v) is 8.87. The average molecular weight is 357 g/mol. The van der Waals surface area contributed by atoms with Gasteiger partial charge in [0.2, 0.25) is 5.82 Å². The van der Waals surface area contributed by atoms with Crippen LogP contribution < -0.4 is 0 Å². The maximum atomic E-state index is 12.0. The summed E-state index contributed by atoms with van der Waals surface area (Å²) in [6.07, 6.45) is 1.59. The van der Waals surface area contributed by atoms with Crippen molar-refractivity contribution in [3.8, 4) is 17.3 Å². The molecule has 0 unspecified atom stereocenters. The number of carbonyl (C=O) groups excluding carboxylic acids is 1. The van der Waals surface area contributed by atoms with Crippen molar-refractivity contribution in [3.05, 3.63) is 48.2 Å². The van der Waals surface area contributed by atoms with Crippen LogP contribution in [-0.2, 0) is 9.53 Å². The second-order valence-electron chi connectivity index (χ2n) is 5.47. The number of benzene rings is 1. The van der Waals surface area contributed by atoms with E-state index in [1.165, 1.54) is 11.8 Å². The van der Waals surface area contributed by atoms with Crippen molar-refractivity contribution in [1.29, 1.82) is 0 Å². The molecule has 0 aliphatic rings. The lowest BCUT2D eigenvalue weighted by molar-refractivity contribution is -0.142. The highest BCUT2D eigenvalue weighted by Gasteiger charge is 2.23. The molecule has 0 aliphatic heterocycles. The van der Waals surface area contributed by atoms with Crippen LogP contribution >= 0.6 is 11.8 Å². The molecule has 7 heteroatoms. The maximum Gasteiger partial charge on any atom is 0.319 e. The van der Waals surface area contributed by atoms with E-state index < -0.39 is 5.25 Å². The van der Waals surface area contributed by atoms with Gasteiger partial charge in [0.15, 0.2) is 10.9 Å². The number of carbonyl (C=O) groups is 1. The van der Waals surface area contributed by atoms with E-state index in [4.69, 9.17) is 9.15 Å². The highest BCUT2D eigenvalue weighted by atomic mass is 32.2. The van der Waals surface area contributed by atoms with E-state index in [2.05, 4.69) is 10.2 Å². The maximum absolute atomic E-state index is 12.0. The largest absolute Gasteiger partial charge is 0.465 e. The molecule has 0 saturated heterocycles. The first kappa shape index (κ1) is 17.3. The third-order valence-corrected chi connectivity index (χ3v) is 4.59. The second-order valence-corrected chi connectivity index (χ2v) is 6.77. The van der Waals surface area contributed by atoms with E-state index in [1.807, 2.05) is 41.8 Å². The molecule has 0 aliphatic carbocycles. The summed E-state index contributed by atoms with van der Waals surface area (Å²) in [6, 6.07) is 11.7. The quantitative estimate of drug-likeness (QED) is 0.492. The predicted octanol–water partition coefficient (Wildman–Crippen LogP) is 3.88. The molecule has 1 aromatic carbocycles. The van der Waals surface area contributed by atoms with Gasteiger partial charge < -0.3 is 9.15 Å². The summed E-state index contributed by atoms with van der Waals surface area (Å²) >= 11 is 1.31. The van der Waals surface area contributed by atoms with Crippen molar-refractivity contribution in [2.24, 2.45) is 0 Å². The van der Waals surface area contributed by atoms with Crippen LogP contribution in [-0.4, -0.2) is 32.6 Å². The first-order chi connectivity index (χ1) is 12.1. The number of thioether (sulfide) groups is 1. The molecule has 2 heterocycles.